The van der Waals surface area contributed by atoms with Gasteiger partial charge in [-0.25, -0.2) is 0 Å². The number of nitrogens with one attached hydrogen (secondary N) is 1. The van der Waals surface area contributed by atoms with E-state index in [0.717, 1.165) is 28.8 Å². The monoisotopic (exact) mass is 409 g/mol. The number of aromatic nitrogens is 3. The number of aryl methyl sites for hydroxylation is 2. The number of hydrogen-bond donors (Lipinski definition) is 2. The first-order valence-corrected chi connectivity index (χ1v) is 10.2. The zero-order valence-electron chi connectivity index (χ0n) is 16.4. The molecule has 0 unspecified atom stereocenters. The Balaban J connectivity index is 1.74. The van der Waals surface area contributed by atoms with Gasteiger partial charge in [0.05, 0.1) is 5.75 Å². The number of anilines is 1. The number of thioether (sulfide) groups is 1. The van der Waals surface area contributed by atoms with Crippen molar-refractivity contribution in [1.82, 2.24) is 14.8 Å². The first-order valence-electron chi connectivity index (χ1n) is 9.26. The molecule has 0 saturated heterocycles. The van der Waals surface area contributed by atoms with Crippen LogP contribution in [0.5, 0.6) is 0 Å². The molecule has 3 N–H and O–H groups in total. The Morgan fingerprint density at radius 3 is 2.66 bits per heavy atom. The Morgan fingerprint density at radius 1 is 1.14 bits per heavy atom. The standard InChI is InChI=1S/C21H23N5O2S/c1-3-15-7-5-9-17(11-15)23-19(28)13-29-21-25-24-20(26(21)12-18(22)27)16-8-4-6-14(2)10-16/h4-11H,3,12-13H2,1-2H3,(H2,22,27)(H,23,28). The Hall–Kier alpha value is -3.13. The molecule has 0 atom stereocenters. The van der Waals surface area contributed by atoms with Crippen molar-refractivity contribution in [2.45, 2.75) is 32.0 Å². The fourth-order valence-electron chi connectivity index (χ4n) is 2.89. The summed E-state index contributed by atoms with van der Waals surface area (Å²) in [6.07, 6.45) is 0.899. The highest BCUT2D eigenvalue weighted by atomic mass is 32.2. The van der Waals surface area contributed by atoms with Gasteiger partial charge < -0.3 is 11.1 Å². The van der Waals surface area contributed by atoms with Crippen LogP contribution in [0, 0.1) is 6.92 Å². The van der Waals surface area contributed by atoms with E-state index in [9.17, 15) is 9.59 Å². The molecule has 0 spiro atoms. The normalized spacial score (nSPS) is 10.7. The van der Waals surface area contributed by atoms with Gasteiger partial charge in [-0.05, 0) is 37.1 Å². The predicted octanol–water partition coefficient (Wildman–Crippen LogP) is 3.03. The highest BCUT2D eigenvalue weighted by molar-refractivity contribution is 7.99. The molecule has 29 heavy (non-hydrogen) atoms. The first kappa shape index (κ1) is 20.6. The fraction of sp³-hybridized carbons (Fsp3) is 0.238. The van der Waals surface area contributed by atoms with Crippen LogP contribution in [-0.2, 0) is 22.6 Å². The molecular weight excluding hydrogens is 386 g/mol. The van der Waals surface area contributed by atoms with Crippen molar-refractivity contribution in [1.29, 1.82) is 0 Å². The van der Waals surface area contributed by atoms with Gasteiger partial charge in [-0.3, -0.25) is 14.2 Å². The summed E-state index contributed by atoms with van der Waals surface area (Å²) in [6.45, 7) is 3.98. The third-order valence-corrected chi connectivity index (χ3v) is 5.23. The van der Waals surface area contributed by atoms with Gasteiger partial charge in [-0.2, -0.15) is 0 Å². The molecule has 0 aliphatic heterocycles. The zero-order chi connectivity index (χ0) is 20.8. The number of carbonyl (C=O) groups excluding carboxylic acids is 2. The fourth-order valence-corrected chi connectivity index (χ4v) is 3.63. The highest BCUT2D eigenvalue weighted by Gasteiger charge is 2.17. The highest BCUT2D eigenvalue weighted by Crippen LogP contribution is 2.25. The van der Waals surface area contributed by atoms with Crippen LogP contribution in [0.2, 0.25) is 0 Å². The van der Waals surface area contributed by atoms with Gasteiger partial charge in [0.2, 0.25) is 11.8 Å². The molecule has 1 aromatic heterocycles. The Bertz CT molecular complexity index is 1030. The van der Waals surface area contributed by atoms with Gasteiger partial charge in [-0.1, -0.05) is 54.6 Å². The summed E-state index contributed by atoms with van der Waals surface area (Å²) in [7, 11) is 0. The Morgan fingerprint density at radius 2 is 1.93 bits per heavy atom. The minimum atomic E-state index is -0.499. The lowest BCUT2D eigenvalue weighted by molar-refractivity contribution is -0.118. The van der Waals surface area contributed by atoms with Crippen LogP contribution in [0.4, 0.5) is 5.69 Å². The number of hydrogen-bond acceptors (Lipinski definition) is 5. The van der Waals surface area contributed by atoms with Gasteiger partial charge in [0.15, 0.2) is 11.0 Å². The van der Waals surface area contributed by atoms with Crippen molar-refractivity contribution in [3.63, 3.8) is 0 Å². The first-order chi connectivity index (χ1) is 14.0. The third-order valence-electron chi connectivity index (χ3n) is 4.26. The van der Waals surface area contributed by atoms with Gasteiger partial charge in [0, 0.05) is 11.3 Å². The van der Waals surface area contributed by atoms with Crippen LogP contribution in [0.15, 0.2) is 53.7 Å². The van der Waals surface area contributed by atoms with Gasteiger partial charge >= 0.3 is 0 Å². The van der Waals surface area contributed by atoms with E-state index in [1.807, 2.05) is 55.5 Å². The molecule has 0 saturated carbocycles. The predicted molar refractivity (Wildman–Crippen MR) is 115 cm³/mol. The van der Waals surface area contributed by atoms with Crippen LogP contribution >= 0.6 is 11.8 Å². The lowest BCUT2D eigenvalue weighted by Crippen LogP contribution is -2.20. The minimum Gasteiger partial charge on any atom is -0.368 e. The van der Waals surface area contributed by atoms with E-state index in [-0.39, 0.29) is 18.2 Å². The van der Waals surface area contributed by atoms with E-state index >= 15 is 0 Å². The van der Waals surface area contributed by atoms with Crippen LogP contribution in [0.1, 0.15) is 18.1 Å². The SMILES string of the molecule is CCc1cccc(NC(=O)CSc2nnc(-c3cccc(C)c3)n2CC(N)=O)c1. The second-order valence-corrected chi connectivity index (χ2v) is 7.56. The second kappa shape index (κ2) is 9.38. The van der Waals surface area contributed by atoms with Gasteiger partial charge in [0.25, 0.3) is 0 Å². The van der Waals surface area contributed by atoms with E-state index < -0.39 is 5.91 Å². The molecular formula is C21H23N5O2S. The molecule has 2 aromatic carbocycles. The van der Waals surface area contributed by atoms with Crippen LogP contribution < -0.4 is 11.1 Å². The second-order valence-electron chi connectivity index (χ2n) is 6.62. The van der Waals surface area contributed by atoms with Crippen molar-refractivity contribution < 1.29 is 9.59 Å². The average molecular weight is 410 g/mol. The van der Waals surface area contributed by atoms with E-state index in [2.05, 4.69) is 22.4 Å². The molecule has 150 valence electrons. The lowest BCUT2D eigenvalue weighted by Gasteiger charge is -2.09. The summed E-state index contributed by atoms with van der Waals surface area (Å²) < 4.78 is 1.65. The van der Waals surface area contributed by atoms with E-state index in [1.54, 1.807) is 4.57 Å². The number of nitrogens with zero attached hydrogens (tertiary/aromatic N) is 3. The van der Waals surface area contributed by atoms with Crippen molar-refractivity contribution in [3.8, 4) is 11.4 Å². The van der Waals surface area contributed by atoms with Gasteiger partial charge in [-0.15, -0.1) is 10.2 Å². The summed E-state index contributed by atoms with van der Waals surface area (Å²) in [4.78, 5) is 23.9. The molecule has 0 fully saturated rings. The third kappa shape index (κ3) is 5.45. The number of amides is 2. The van der Waals surface area contributed by atoms with Crippen molar-refractivity contribution in [2.24, 2.45) is 5.73 Å². The molecule has 3 aromatic rings. The number of carbonyl (C=O) groups is 2. The molecule has 0 bridgehead atoms. The molecule has 1 heterocycles. The quantitative estimate of drug-likeness (QED) is 0.557. The summed E-state index contributed by atoms with van der Waals surface area (Å²) in [6, 6.07) is 15.5. The molecule has 0 aliphatic rings. The number of primary amides is 1. The smallest absolute Gasteiger partial charge is 0.237 e. The van der Waals surface area contributed by atoms with Crippen LogP contribution in [0.25, 0.3) is 11.4 Å². The van der Waals surface area contributed by atoms with Crippen LogP contribution in [-0.4, -0.2) is 32.3 Å². The Labute approximate surface area is 173 Å². The zero-order valence-corrected chi connectivity index (χ0v) is 17.2. The lowest BCUT2D eigenvalue weighted by atomic mass is 10.1. The molecule has 3 rings (SSSR count). The van der Waals surface area contributed by atoms with Crippen molar-refractivity contribution in [3.05, 3.63) is 59.7 Å². The number of nitrogens with two attached hydrogens (primary N) is 1. The van der Waals surface area contributed by atoms with E-state index in [4.69, 9.17) is 5.73 Å². The largest absolute Gasteiger partial charge is 0.368 e. The molecule has 2 amide bonds. The summed E-state index contributed by atoms with van der Waals surface area (Å²) in [5, 5.41) is 11.7. The molecule has 0 radical (unpaired) electrons. The van der Waals surface area contributed by atoms with E-state index in [1.165, 1.54) is 11.8 Å². The maximum absolute atomic E-state index is 12.4. The minimum absolute atomic E-state index is 0.0568. The van der Waals surface area contributed by atoms with Gasteiger partial charge in [0.1, 0.15) is 6.54 Å². The number of rotatable bonds is 8. The van der Waals surface area contributed by atoms with Crippen molar-refractivity contribution >= 4 is 29.3 Å². The molecule has 8 heteroatoms. The van der Waals surface area contributed by atoms with Crippen LogP contribution in [0.3, 0.4) is 0 Å². The number of benzene rings is 2. The summed E-state index contributed by atoms with van der Waals surface area (Å²) >= 11 is 1.22. The topological polar surface area (TPSA) is 103 Å². The maximum Gasteiger partial charge on any atom is 0.237 e. The van der Waals surface area contributed by atoms with Crippen molar-refractivity contribution in [2.75, 3.05) is 11.1 Å². The molecule has 0 aliphatic carbocycles. The summed E-state index contributed by atoms with van der Waals surface area (Å²) in [5.74, 6) is 0.0302. The average Bonchev–Trinajstić information content (AvgIpc) is 3.08. The maximum atomic E-state index is 12.4. The summed E-state index contributed by atoms with van der Waals surface area (Å²) in [5.41, 5.74) is 9.23. The Kier molecular flexibility index (Phi) is 6.66. The van der Waals surface area contributed by atoms with E-state index in [0.29, 0.717) is 11.0 Å². The molecule has 7 nitrogen and oxygen atoms in total.